The van der Waals surface area contributed by atoms with E-state index in [2.05, 4.69) is 10.3 Å². The Bertz CT molecular complexity index is 531. The molecule has 1 heterocycles. The second-order valence-electron chi connectivity index (χ2n) is 3.98. The van der Waals surface area contributed by atoms with Crippen LogP contribution in [0.15, 0.2) is 42.6 Å². The number of nitrogens with zero attached hydrogens (tertiary/aromatic N) is 1. The Kier molecular flexibility index (Phi) is 3.77. The van der Waals surface area contributed by atoms with Gasteiger partial charge >= 0.3 is 0 Å². The number of pyridine rings is 1. The van der Waals surface area contributed by atoms with Crippen molar-refractivity contribution in [3.05, 3.63) is 54.0 Å². The lowest BCUT2D eigenvalue weighted by atomic mass is 10.1. The van der Waals surface area contributed by atoms with E-state index >= 15 is 0 Å². The largest absolute Gasteiger partial charge is 0.493 e. The van der Waals surface area contributed by atoms with E-state index in [1.54, 1.807) is 25.4 Å². The van der Waals surface area contributed by atoms with Crippen molar-refractivity contribution < 1.29 is 9.13 Å². The van der Waals surface area contributed by atoms with Crippen LogP contribution < -0.4 is 10.1 Å². The lowest BCUT2D eigenvalue weighted by molar-refractivity contribution is 0.414. The van der Waals surface area contributed by atoms with Gasteiger partial charge in [-0.05, 0) is 36.8 Å². The first-order chi connectivity index (χ1) is 8.70. The molecule has 2 rings (SSSR count). The SMILES string of the molecule is COc1cccnc1NC(C)c1cccc(F)c1. The first-order valence-corrected chi connectivity index (χ1v) is 5.71. The fourth-order valence-electron chi connectivity index (χ4n) is 1.73. The predicted molar refractivity (Wildman–Crippen MR) is 69.2 cm³/mol. The third-order valence-corrected chi connectivity index (χ3v) is 2.69. The minimum atomic E-state index is -0.242. The van der Waals surface area contributed by atoms with Gasteiger partial charge in [0.05, 0.1) is 13.2 Å². The second-order valence-corrected chi connectivity index (χ2v) is 3.98. The monoisotopic (exact) mass is 246 g/mol. The molecule has 1 atom stereocenters. The smallest absolute Gasteiger partial charge is 0.169 e. The van der Waals surface area contributed by atoms with Gasteiger partial charge in [0.2, 0.25) is 0 Å². The Labute approximate surface area is 106 Å². The van der Waals surface area contributed by atoms with Gasteiger partial charge in [-0.1, -0.05) is 12.1 Å². The molecule has 0 saturated carbocycles. The van der Waals surface area contributed by atoms with E-state index in [9.17, 15) is 4.39 Å². The maximum Gasteiger partial charge on any atom is 0.169 e. The number of halogens is 1. The molecule has 0 spiro atoms. The summed E-state index contributed by atoms with van der Waals surface area (Å²) in [5.74, 6) is 1.08. The molecule has 1 N–H and O–H groups in total. The highest BCUT2D eigenvalue weighted by Crippen LogP contribution is 2.25. The molecule has 0 aliphatic heterocycles. The molecule has 0 bridgehead atoms. The standard InChI is InChI=1S/C14H15FN2O/c1-10(11-5-3-6-12(15)9-11)17-14-13(18-2)7-4-8-16-14/h3-10H,1-2H3,(H,16,17). The number of anilines is 1. The van der Waals surface area contributed by atoms with E-state index in [0.29, 0.717) is 11.6 Å². The van der Waals surface area contributed by atoms with E-state index in [0.717, 1.165) is 5.56 Å². The Morgan fingerprint density at radius 3 is 2.83 bits per heavy atom. The van der Waals surface area contributed by atoms with E-state index in [-0.39, 0.29) is 11.9 Å². The third-order valence-electron chi connectivity index (χ3n) is 2.69. The molecule has 0 radical (unpaired) electrons. The van der Waals surface area contributed by atoms with Crippen LogP contribution in [0.4, 0.5) is 10.2 Å². The van der Waals surface area contributed by atoms with Gasteiger partial charge in [-0.3, -0.25) is 0 Å². The van der Waals surface area contributed by atoms with Gasteiger partial charge in [-0.25, -0.2) is 9.37 Å². The van der Waals surface area contributed by atoms with Crippen LogP contribution in [0, 0.1) is 5.82 Å². The number of nitrogens with one attached hydrogen (secondary N) is 1. The Morgan fingerprint density at radius 1 is 1.28 bits per heavy atom. The molecule has 4 heteroatoms. The zero-order valence-electron chi connectivity index (χ0n) is 10.4. The van der Waals surface area contributed by atoms with Crippen molar-refractivity contribution in [1.29, 1.82) is 0 Å². The molecular formula is C14H15FN2O. The summed E-state index contributed by atoms with van der Waals surface area (Å²) in [4.78, 5) is 4.21. The molecule has 0 saturated heterocycles. The number of benzene rings is 1. The summed E-state index contributed by atoms with van der Waals surface area (Å²) in [5.41, 5.74) is 0.864. The van der Waals surface area contributed by atoms with Gasteiger partial charge in [0.1, 0.15) is 5.82 Å². The molecule has 0 aliphatic rings. The summed E-state index contributed by atoms with van der Waals surface area (Å²) in [6.45, 7) is 1.95. The van der Waals surface area contributed by atoms with Crippen LogP contribution in [0.3, 0.4) is 0 Å². The van der Waals surface area contributed by atoms with Crippen molar-refractivity contribution >= 4 is 5.82 Å². The summed E-state index contributed by atoms with van der Waals surface area (Å²) in [6, 6.07) is 10.1. The number of hydrogen-bond acceptors (Lipinski definition) is 3. The number of methoxy groups -OCH3 is 1. The van der Waals surface area contributed by atoms with E-state index in [1.807, 2.05) is 19.1 Å². The predicted octanol–water partition coefficient (Wildman–Crippen LogP) is 3.40. The Balaban J connectivity index is 2.18. The maximum atomic E-state index is 13.1. The zero-order chi connectivity index (χ0) is 13.0. The van der Waals surface area contributed by atoms with Gasteiger partial charge in [0.15, 0.2) is 11.6 Å². The average Bonchev–Trinajstić information content (AvgIpc) is 2.39. The summed E-state index contributed by atoms with van der Waals surface area (Å²) in [7, 11) is 1.59. The quantitative estimate of drug-likeness (QED) is 0.897. The van der Waals surface area contributed by atoms with E-state index in [4.69, 9.17) is 4.74 Å². The molecule has 0 fully saturated rings. The van der Waals surface area contributed by atoms with Crippen LogP contribution in [-0.4, -0.2) is 12.1 Å². The van der Waals surface area contributed by atoms with Gasteiger partial charge in [-0.15, -0.1) is 0 Å². The average molecular weight is 246 g/mol. The maximum absolute atomic E-state index is 13.1. The summed E-state index contributed by atoms with van der Waals surface area (Å²) in [6.07, 6.45) is 1.68. The molecule has 0 amide bonds. The molecular weight excluding hydrogens is 231 g/mol. The number of hydrogen-bond donors (Lipinski definition) is 1. The highest BCUT2D eigenvalue weighted by Gasteiger charge is 2.09. The highest BCUT2D eigenvalue weighted by atomic mass is 19.1. The molecule has 3 nitrogen and oxygen atoms in total. The Morgan fingerprint density at radius 2 is 2.11 bits per heavy atom. The van der Waals surface area contributed by atoms with E-state index in [1.165, 1.54) is 12.1 Å². The van der Waals surface area contributed by atoms with Gasteiger partial charge in [-0.2, -0.15) is 0 Å². The van der Waals surface area contributed by atoms with Crippen LogP contribution >= 0.6 is 0 Å². The molecule has 1 aromatic carbocycles. The van der Waals surface area contributed by atoms with Gasteiger partial charge in [0, 0.05) is 6.20 Å². The number of aromatic nitrogens is 1. The summed E-state index contributed by atoms with van der Waals surface area (Å²) >= 11 is 0. The molecule has 1 unspecified atom stereocenters. The van der Waals surface area contributed by atoms with Crippen molar-refractivity contribution in [2.75, 3.05) is 12.4 Å². The topological polar surface area (TPSA) is 34.1 Å². The van der Waals surface area contributed by atoms with Gasteiger partial charge < -0.3 is 10.1 Å². The van der Waals surface area contributed by atoms with Crippen LogP contribution in [0.25, 0.3) is 0 Å². The number of ether oxygens (including phenoxy) is 1. The molecule has 0 aliphatic carbocycles. The first-order valence-electron chi connectivity index (χ1n) is 5.71. The fourth-order valence-corrected chi connectivity index (χ4v) is 1.73. The van der Waals surface area contributed by atoms with Crippen molar-refractivity contribution in [2.24, 2.45) is 0 Å². The van der Waals surface area contributed by atoms with Crippen molar-refractivity contribution in [3.8, 4) is 5.75 Å². The van der Waals surface area contributed by atoms with Crippen LogP contribution in [0.1, 0.15) is 18.5 Å². The number of rotatable bonds is 4. The molecule has 1 aromatic heterocycles. The molecule has 94 valence electrons. The lowest BCUT2D eigenvalue weighted by Crippen LogP contribution is -2.09. The fraction of sp³-hybridized carbons (Fsp3) is 0.214. The zero-order valence-corrected chi connectivity index (χ0v) is 10.4. The van der Waals surface area contributed by atoms with Crippen LogP contribution in [-0.2, 0) is 0 Å². The molecule has 2 aromatic rings. The van der Waals surface area contributed by atoms with Crippen LogP contribution in [0.5, 0.6) is 5.75 Å². The molecule has 18 heavy (non-hydrogen) atoms. The second kappa shape index (κ2) is 5.49. The highest BCUT2D eigenvalue weighted by molar-refractivity contribution is 5.50. The summed E-state index contributed by atoms with van der Waals surface area (Å²) < 4.78 is 18.4. The minimum Gasteiger partial charge on any atom is -0.493 e. The van der Waals surface area contributed by atoms with Crippen molar-refractivity contribution in [2.45, 2.75) is 13.0 Å². The lowest BCUT2D eigenvalue weighted by Gasteiger charge is -2.16. The van der Waals surface area contributed by atoms with Crippen molar-refractivity contribution in [3.63, 3.8) is 0 Å². The van der Waals surface area contributed by atoms with E-state index < -0.39 is 0 Å². The Hall–Kier alpha value is -2.10. The normalized spacial score (nSPS) is 11.9. The van der Waals surface area contributed by atoms with Gasteiger partial charge in [0.25, 0.3) is 0 Å². The van der Waals surface area contributed by atoms with Crippen LogP contribution in [0.2, 0.25) is 0 Å². The minimum absolute atomic E-state index is 0.0514. The third kappa shape index (κ3) is 2.77. The summed E-state index contributed by atoms with van der Waals surface area (Å²) in [5, 5.41) is 3.20. The van der Waals surface area contributed by atoms with Crippen molar-refractivity contribution in [1.82, 2.24) is 4.98 Å². The first kappa shape index (κ1) is 12.4.